The number of rotatable bonds is 6. The van der Waals surface area contributed by atoms with Crippen molar-refractivity contribution >= 4 is 28.8 Å². The van der Waals surface area contributed by atoms with Crippen LogP contribution in [-0.4, -0.2) is 22.8 Å². The zero-order chi connectivity index (χ0) is 23.7. The lowest BCUT2D eigenvalue weighted by Crippen LogP contribution is -2.36. The van der Waals surface area contributed by atoms with Crippen LogP contribution in [-0.2, 0) is 11.2 Å². The third kappa shape index (κ3) is 4.23. The fourth-order valence-corrected chi connectivity index (χ4v) is 4.34. The second-order valence-corrected chi connectivity index (χ2v) is 8.57. The highest BCUT2D eigenvalue weighted by atomic mass is 16.2. The number of carbonyl (C=O) groups excluding carboxylic acids is 2. The summed E-state index contributed by atoms with van der Waals surface area (Å²) < 4.78 is 0. The summed E-state index contributed by atoms with van der Waals surface area (Å²) in [5.41, 5.74) is 18.2. The molecule has 0 radical (unpaired) electrons. The van der Waals surface area contributed by atoms with E-state index in [1.54, 1.807) is 12.3 Å². The molecule has 2 aliphatic heterocycles. The maximum atomic E-state index is 12.8. The van der Waals surface area contributed by atoms with E-state index in [0.29, 0.717) is 24.1 Å². The predicted molar refractivity (Wildman–Crippen MR) is 132 cm³/mol. The van der Waals surface area contributed by atoms with Crippen molar-refractivity contribution in [2.75, 3.05) is 10.6 Å². The number of nitrogens with zero attached hydrogens (tertiary/aromatic N) is 1. The Morgan fingerprint density at radius 3 is 2.76 bits per heavy atom. The average molecular weight is 455 g/mol. The van der Waals surface area contributed by atoms with Gasteiger partial charge in [-0.15, -0.1) is 0 Å². The van der Waals surface area contributed by atoms with Crippen LogP contribution in [0.4, 0.5) is 11.4 Å². The summed E-state index contributed by atoms with van der Waals surface area (Å²) in [7, 11) is 0. The number of hydrogen-bond acceptors (Lipinski definition) is 6. The van der Waals surface area contributed by atoms with Crippen LogP contribution in [0.15, 0.2) is 67.0 Å². The zero-order valence-electron chi connectivity index (χ0n) is 18.8. The summed E-state index contributed by atoms with van der Waals surface area (Å²) in [6.45, 7) is 1.94. The number of anilines is 2. The van der Waals surface area contributed by atoms with E-state index in [4.69, 9.17) is 5.73 Å². The number of hydrogen-bond donors (Lipinski definition) is 5. The Kier molecular flexibility index (Phi) is 5.73. The quantitative estimate of drug-likeness (QED) is 0.390. The van der Waals surface area contributed by atoms with Gasteiger partial charge in [0.05, 0.1) is 17.6 Å². The van der Waals surface area contributed by atoms with Gasteiger partial charge in [0.2, 0.25) is 5.91 Å². The Morgan fingerprint density at radius 1 is 1.18 bits per heavy atom. The lowest BCUT2D eigenvalue weighted by molar-refractivity contribution is -0.117. The molecule has 8 heteroatoms. The zero-order valence-corrected chi connectivity index (χ0v) is 18.8. The van der Waals surface area contributed by atoms with Crippen molar-refractivity contribution in [3.05, 3.63) is 94.9 Å². The summed E-state index contributed by atoms with van der Waals surface area (Å²) in [6.07, 6.45) is 4.84. The van der Waals surface area contributed by atoms with Crippen molar-refractivity contribution in [1.29, 1.82) is 0 Å². The number of nitrogens with two attached hydrogens (primary N) is 1. The van der Waals surface area contributed by atoms with Crippen LogP contribution in [0.3, 0.4) is 0 Å². The molecule has 2 aliphatic rings. The predicted octanol–water partition coefficient (Wildman–Crippen LogP) is 3.04. The van der Waals surface area contributed by atoms with Crippen molar-refractivity contribution in [3.63, 3.8) is 0 Å². The number of nitrogens with one attached hydrogen (secondary N) is 4. The normalized spacial score (nSPS) is 16.8. The first-order valence-electron chi connectivity index (χ1n) is 11.2. The molecule has 0 spiro atoms. The number of aromatic nitrogens is 1. The van der Waals surface area contributed by atoms with Gasteiger partial charge in [0.15, 0.2) is 0 Å². The molecule has 0 bridgehead atoms. The number of benzene rings is 2. The fourth-order valence-electron chi connectivity index (χ4n) is 4.34. The second kappa shape index (κ2) is 8.99. The van der Waals surface area contributed by atoms with E-state index in [-0.39, 0.29) is 17.9 Å². The maximum Gasteiger partial charge on any atom is 0.270 e. The Bertz CT molecular complexity index is 1270. The smallest absolute Gasteiger partial charge is 0.270 e. The highest BCUT2D eigenvalue weighted by Crippen LogP contribution is 2.46. The van der Waals surface area contributed by atoms with E-state index < -0.39 is 6.04 Å². The fraction of sp³-hybridized carbons (Fsp3) is 0.192. The lowest BCUT2D eigenvalue weighted by Gasteiger charge is -2.15. The van der Waals surface area contributed by atoms with E-state index >= 15 is 0 Å². The Labute approximate surface area is 197 Å². The average Bonchev–Trinajstić information content (AvgIpc) is 3.12. The summed E-state index contributed by atoms with van der Waals surface area (Å²) in [4.78, 5) is 30.0. The van der Waals surface area contributed by atoms with Gasteiger partial charge in [0, 0.05) is 40.6 Å². The molecule has 6 N–H and O–H groups in total. The van der Waals surface area contributed by atoms with Gasteiger partial charge >= 0.3 is 0 Å². The molecule has 1 aromatic heterocycles. The van der Waals surface area contributed by atoms with Crippen LogP contribution in [0.1, 0.15) is 45.2 Å². The van der Waals surface area contributed by atoms with E-state index in [9.17, 15) is 9.59 Å². The largest absolute Gasteiger partial charge is 0.373 e. The second-order valence-electron chi connectivity index (χ2n) is 8.57. The van der Waals surface area contributed by atoms with Crippen LogP contribution in [0.5, 0.6) is 0 Å². The summed E-state index contributed by atoms with van der Waals surface area (Å²) in [5, 5.41) is 6.37. The van der Waals surface area contributed by atoms with Crippen molar-refractivity contribution in [2.24, 2.45) is 5.73 Å². The molecule has 5 rings (SSSR count). The Balaban J connectivity index is 1.38. The minimum absolute atomic E-state index is 0.180. The topological polar surface area (TPSA) is 121 Å². The molecule has 2 atom stereocenters. The van der Waals surface area contributed by atoms with Crippen LogP contribution in [0.25, 0.3) is 5.57 Å². The van der Waals surface area contributed by atoms with Gasteiger partial charge < -0.3 is 21.8 Å². The molecule has 0 saturated heterocycles. The summed E-state index contributed by atoms with van der Waals surface area (Å²) in [6, 6.07) is 16.6. The number of pyridine rings is 1. The van der Waals surface area contributed by atoms with E-state index in [1.807, 2.05) is 61.7 Å². The van der Waals surface area contributed by atoms with Gasteiger partial charge in [0.1, 0.15) is 0 Å². The lowest BCUT2D eigenvalue weighted by atomic mass is 9.94. The molecule has 8 nitrogen and oxygen atoms in total. The molecule has 2 amide bonds. The molecular formula is C26H26N6O2. The molecule has 3 heterocycles. The molecule has 0 saturated carbocycles. The number of aryl methyl sites for hydroxylation is 2. The standard InChI is InChI=1S/C26H26N6O2/c1-15-7-9-17(13-28-15)24-20-14-29-32-25(33)19-11-18(12-22(31-24)23(19)20)30-26(34)21(27)10-8-16-5-3-2-4-6-16/h2-7,9,11-14,21,24,29,31H,8,10,27H2,1H3,(H,30,34)(H,32,33)/t21-,24?/m1/s1. The van der Waals surface area contributed by atoms with E-state index in [1.165, 1.54) is 0 Å². The van der Waals surface area contributed by atoms with Crippen molar-refractivity contribution in [3.8, 4) is 0 Å². The first-order valence-corrected chi connectivity index (χ1v) is 11.2. The molecule has 172 valence electrons. The minimum Gasteiger partial charge on any atom is -0.373 e. The first kappa shape index (κ1) is 21.7. The monoisotopic (exact) mass is 454 g/mol. The van der Waals surface area contributed by atoms with E-state index in [0.717, 1.165) is 33.6 Å². The van der Waals surface area contributed by atoms with Gasteiger partial charge in [-0.05, 0) is 49.1 Å². The molecule has 0 fully saturated rings. The van der Waals surface area contributed by atoms with Crippen molar-refractivity contribution < 1.29 is 9.59 Å². The third-order valence-electron chi connectivity index (χ3n) is 6.15. The maximum absolute atomic E-state index is 12.8. The Hall–Kier alpha value is -4.17. The summed E-state index contributed by atoms with van der Waals surface area (Å²) in [5.74, 6) is -0.570. The SMILES string of the molecule is Cc1ccc(C2Nc3cc(NC(=O)[C@H](N)CCc4ccccc4)cc4c3C2=CNNC4=O)cn1. The number of amides is 2. The molecule has 1 unspecified atom stereocenters. The minimum atomic E-state index is -0.669. The Morgan fingerprint density at radius 2 is 2.00 bits per heavy atom. The van der Waals surface area contributed by atoms with Crippen molar-refractivity contribution in [1.82, 2.24) is 15.8 Å². The van der Waals surface area contributed by atoms with Crippen LogP contribution < -0.4 is 27.2 Å². The molecular weight excluding hydrogens is 428 g/mol. The van der Waals surface area contributed by atoms with Gasteiger partial charge in [-0.1, -0.05) is 36.4 Å². The molecule has 34 heavy (non-hydrogen) atoms. The van der Waals surface area contributed by atoms with Crippen LogP contribution >= 0.6 is 0 Å². The third-order valence-corrected chi connectivity index (χ3v) is 6.15. The van der Waals surface area contributed by atoms with E-state index in [2.05, 4.69) is 26.5 Å². The van der Waals surface area contributed by atoms with Gasteiger partial charge in [-0.3, -0.25) is 20.0 Å². The summed E-state index contributed by atoms with van der Waals surface area (Å²) >= 11 is 0. The molecule has 3 aromatic rings. The molecule has 2 aromatic carbocycles. The first-order chi connectivity index (χ1) is 16.5. The molecule has 0 aliphatic carbocycles. The van der Waals surface area contributed by atoms with Crippen LogP contribution in [0.2, 0.25) is 0 Å². The number of carbonyl (C=O) groups is 2. The van der Waals surface area contributed by atoms with Crippen molar-refractivity contribution in [2.45, 2.75) is 31.8 Å². The van der Waals surface area contributed by atoms with Gasteiger partial charge in [-0.2, -0.15) is 0 Å². The highest BCUT2D eigenvalue weighted by Gasteiger charge is 2.34. The van der Waals surface area contributed by atoms with Gasteiger partial charge in [-0.25, -0.2) is 0 Å². The van der Waals surface area contributed by atoms with Crippen LogP contribution in [0, 0.1) is 6.92 Å². The highest BCUT2D eigenvalue weighted by molar-refractivity contribution is 6.07. The van der Waals surface area contributed by atoms with Gasteiger partial charge in [0.25, 0.3) is 5.91 Å². The number of hydrazine groups is 1.